The van der Waals surface area contributed by atoms with Crippen LogP contribution in [-0.4, -0.2) is 20.6 Å². The fourth-order valence-corrected chi connectivity index (χ4v) is 2.43. The molecular weight excluding hydrogens is 308 g/mol. The quantitative estimate of drug-likeness (QED) is 0.783. The van der Waals surface area contributed by atoms with Crippen LogP contribution >= 0.6 is 0 Å². The van der Waals surface area contributed by atoms with Crippen LogP contribution in [0.1, 0.15) is 12.5 Å². The predicted molar refractivity (Wildman–Crippen MR) is 87.9 cm³/mol. The Hall–Kier alpha value is -3.40. The van der Waals surface area contributed by atoms with Gasteiger partial charge in [0.25, 0.3) is 11.1 Å². The topological polar surface area (TPSA) is 101 Å². The Kier molecular flexibility index (Phi) is 4.12. The third-order valence-electron chi connectivity index (χ3n) is 3.53. The molecule has 3 rings (SSSR count). The van der Waals surface area contributed by atoms with Gasteiger partial charge in [0.05, 0.1) is 23.6 Å². The second-order valence-corrected chi connectivity index (χ2v) is 5.34. The summed E-state index contributed by atoms with van der Waals surface area (Å²) in [7, 11) is 0. The summed E-state index contributed by atoms with van der Waals surface area (Å²) in [6.45, 7) is 2.17. The molecule has 3 heterocycles. The number of nitrogens with zero attached hydrogens (tertiary/aromatic N) is 3. The van der Waals surface area contributed by atoms with Crippen molar-refractivity contribution < 1.29 is 4.74 Å². The highest BCUT2D eigenvalue weighted by Gasteiger charge is 2.11. The monoisotopic (exact) mass is 322 g/mol. The number of rotatable bonds is 4. The van der Waals surface area contributed by atoms with Crippen molar-refractivity contribution in [2.75, 3.05) is 0 Å². The molecular formula is C17H14N4O3. The minimum Gasteiger partial charge on any atom is -0.487 e. The fourth-order valence-electron chi connectivity index (χ4n) is 2.43. The maximum Gasteiger partial charge on any atom is 0.266 e. The molecule has 0 aliphatic heterocycles. The Morgan fingerprint density at radius 1 is 1.42 bits per heavy atom. The number of hydrogen-bond acceptors (Lipinski definition) is 5. The van der Waals surface area contributed by atoms with Gasteiger partial charge in [-0.05, 0) is 31.2 Å². The third kappa shape index (κ3) is 3.03. The molecule has 0 amide bonds. The molecule has 0 radical (unpaired) electrons. The Labute approximate surface area is 136 Å². The minimum atomic E-state index is -0.504. The van der Waals surface area contributed by atoms with Gasteiger partial charge < -0.3 is 14.3 Å². The van der Waals surface area contributed by atoms with Crippen LogP contribution in [0.15, 0.2) is 52.4 Å². The van der Waals surface area contributed by atoms with Gasteiger partial charge in [0.2, 0.25) is 0 Å². The first-order chi connectivity index (χ1) is 11.6. The van der Waals surface area contributed by atoms with Crippen LogP contribution in [0.5, 0.6) is 5.75 Å². The zero-order valence-electron chi connectivity index (χ0n) is 12.9. The van der Waals surface area contributed by atoms with Gasteiger partial charge in [-0.15, -0.1) is 0 Å². The van der Waals surface area contributed by atoms with Crippen molar-refractivity contribution in [1.29, 1.82) is 5.26 Å². The molecule has 0 fully saturated rings. The van der Waals surface area contributed by atoms with Crippen molar-refractivity contribution in [3.63, 3.8) is 0 Å². The second kappa shape index (κ2) is 6.38. The molecule has 0 saturated carbocycles. The van der Waals surface area contributed by atoms with Crippen LogP contribution in [-0.2, 0) is 6.54 Å². The van der Waals surface area contributed by atoms with Crippen LogP contribution in [0.2, 0.25) is 0 Å². The number of pyridine rings is 3. The molecule has 3 aromatic heterocycles. The van der Waals surface area contributed by atoms with Crippen molar-refractivity contribution in [3.8, 4) is 11.8 Å². The average Bonchev–Trinajstić information content (AvgIpc) is 2.58. The lowest BCUT2D eigenvalue weighted by molar-refractivity contribution is 0.197. The summed E-state index contributed by atoms with van der Waals surface area (Å²) < 4.78 is 7.21. The molecule has 0 aromatic carbocycles. The Bertz CT molecular complexity index is 1030. The number of nitrogens with one attached hydrogen (secondary N) is 1. The van der Waals surface area contributed by atoms with E-state index in [1.54, 1.807) is 42.9 Å². The standard InChI is InChI=1S/C17H14N4O3/c1-11(24-13-3-2-5-19-9-13)10-21-6-4-15-14(17(21)23)7-12(8-18)16(22)20-15/h2-7,9,11H,10H2,1H3,(H,20,22). The van der Waals surface area contributed by atoms with Gasteiger partial charge in [0.1, 0.15) is 23.5 Å². The first-order valence-corrected chi connectivity index (χ1v) is 7.32. The third-order valence-corrected chi connectivity index (χ3v) is 3.53. The number of H-pyrrole nitrogens is 1. The lowest BCUT2D eigenvalue weighted by atomic mass is 10.2. The summed E-state index contributed by atoms with van der Waals surface area (Å²) >= 11 is 0. The van der Waals surface area contributed by atoms with E-state index in [9.17, 15) is 9.59 Å². The molecule has 0 spiro atoms. The molecule has 1 N–H and O–H groups in total. The highest BCUT2D eigenvalue weighted by Crippen LogP contribution is 2.11. The lowest BCUT2D eigenvalue weighted by Crippen LogP contribution is -2.28. The van der Waals surface area contributed by atoms with Crippen molar-refractivity contribution in [1.82, 2.24) is 14.5 Å². The summed E-state index contributed by atoms with van der Waals surface area (Å²) in [5.74, 6) is 0.620. The van der Waals surface area contributed by atoms with E-state index in [1.807, 2.05) is 6.92 Å². The molecule has 0 aliphatic rings. The van der Waals surface area contributed by atoms with Gasteiger partial charge in [0, 0.05) is 12.4 Å². The van der Waals surface area contributed by atoms with Crippen LogP contribution < -0.4 is 15.9 Å². The highest BCUT2D eigenvalue weighted by molar-refractivity contribution is 5.78. The summed E-state index contributed by atoms with van der Waals surface area (Å²) in [6.07, 6.45) is 4.58. The van der Waals surface area contributed by atoms with Crippen molar-refractivity contribution in [2.45, 2.75) is 19.6 Å². The Morgan fingerprint density at radius 3 is 2.96 bits per heavy atom. The maximum absolute atomic E-state index is 12.6. The second-order valence-electron chi connectivity index (χ2n) is 5.34. The van der Waals surface area contributed by atoms with Crippen molar-refractivity contribution in [2.24, 2.45) is 0 Å². The van der Waals surface area contributed by atoms with E-state index < -0.39 is 5.56 Å². The zero-order valence-corrected chi connectivity index (χ0v) is 12.9. The smallest absolute Gasteiger partial charge is 0.266 e. The normalized spacial score (nSPS) is 11.8. The van der Waals surface area contributed by atoms with E-state index >= 15 is 0 Å². The number of nitriles is 1. The molecule has 1 unspecified atom stereocenters. The van der Waals surface area contributed by atoms with Crippen LogP contribution in [0, 0.1) is 11.3 Å². The molecule has 7 heteroatoms. The van der Waals surface area contributed by atoms with Gasteiger partial charge in [-0.1, -0.05) is 0 Å². The first-order valence-electron chi connectivity index (χ1n) is 7.32. The molecule has 0 saturated heterocycles. The van der Waals surface area contributed by atoms with E-state index in [4.69, 9.17) is 10.00 Å². The highest BCUT2D eigenvalue weighted by atomic mass is 16.5. The van der Waals surface area contributed by atoms with Crippen LogP contribution in [0.4, 0.5) is 0 Å². The van der Waals surface area contributed by atoms with Crippen LogP contribution in [0.3, 0.4) is 0 Å². The summed E-state index contributed by atoms with van der Waals surface area (Å²) in [5, 5.41) is 9.24. The molecule has 1 atom stereocenters. The van der Waals surface area contributed by atoms with Gasteiger partial charge in [0.15, 0.2) is 0 Å². The predicted octanol–water partition coefficient (Wildman–Crippen LogP) is 1.42. The Morgan fingerprint density at radius 2 is 2.25 bits per heavy atom. The van der Waals surface area contributed by atoms with E-state index in [0.717, 1.165) is 0 Å². The zero-order chi connectivity index (χ0) is 17.1. The molecule has 120 valence electrons. The summed E-state index contributed by atoms with van der Waals surface area (Å²) in [6, 6.07) is 8.29. The molecule has 0 aliphatic carbocycles. The van der Waals surface area contributed by atoms with Gasteiger partial charge in [-0.25, -0.2) is 0 Å². The van der Waals surface area contributed by atoms with E-state index in [0.29, 0.717) is 23.2 Å². The molecule has 3 aromatic rings. The van der Waals surface area contributed by atoms with E-state index in [-0.39, 0.29) is 17.2 Å². The fraction of sp³-hybridized carbons (Fsp3) is 0.176. The number of aromatic amines is 1. The Balaban J connectivity index is 1.91. The van der Waals surface area contributed by atoms with Gasteiger partial charge >= 0.3 is 0 Å². The van der Waals surface area contributed by atoms with Crippen LogP contribution in [0.25, 0.3) is 10.9 Å². The maximum atomic E-state index is 12.6. The largest absolute Gasteiger partial charge is 0.487 e. The van der Waals surface area contributed by atoms with Gasteiger partial charge in [-0.3, -0.25) is 14.6 Å². The minimum absolute atomic E-state index is 0.0861. The summed E-state index contributed by atoms with van der Waals surface area (Å²) in [4.78, 5) is 30.7. The molecule has 0 bridgehead atoms. The number of ether oxygens (including phenoxy) is 1. The van der Waals surface area contributed by atoms with Crippen molar-refractivity contribution >= 4 is 10.9 Å². The number of aromatic nitrogens is 3. The first kappa shape index (κ1) is 15.5. The molecule has 7 nitrogen and oxygen atoms in total. The average molecular weight is 322 g/mol. The number of fused-ring (bicyclic) bond motifs is 1. The van der Waals surface area contributed by atoms with E-state index in [2.05, 4.69) is 9.97 Å². The SMILES string of the molecule is CC(Cn1ccc2[nH]c(=O)c(C#N)cc2c1=O)Oc1cccnc1. The van der Waals surface area contributed by atoms with E-state index in [1.165, 1.54) is 10.6 Å². The van der Waals surface area contributed by atoms with Gasteiger partial charge in [-0.2, -0.15) is 5.26 Å². The molecule has 24 heavy (non-hydrogen) atoms. The van der Waals surface area contributed by atoms with Crippen molar-refractivity contribution in [3.05, 3.63) is 69.1 Å². The lowest BCUT2D eigenvalue weighted by Gasteiger charge is -2.16. The number of hydrogen-bond donors (Lipinski definition) is 1. The summed E-state index contributed by atoms with van der Waals surface area (Å²) in [5.41, 5.74) is -0.476.